The third-order valence-corrected chi connectivity index (χ3v) is 6.92. The Morgan fingerprint density at radius 2 is 1.49 bits per heavy atom. The van der Waals surface area contributed by atoms with Gasteiger partial charge in [0.1, 0.15) is 0 Å². The molecule has 0 saturated carbocycles. The van der Waals surface area contributed by atoms with Gasteiger partial charge in [-0.05, 0) is 29.7 Å². The van der Waals surface area contributed by atoms with Gasteiger partial charge >= 0.3 is 0 Å². The van der Waals surface area contributed by atoms with E-state index in [0.717, 1.165) is 11.1 Å². The van der Waals surface area contributed by atoms with Crippen LogP contribution in [0.3, 0.4) is 0 Å². The van der Waals surface area contributed by atoms with E-state index >= 15 is 0 Å². The molecule has 1 aromatic heterocycles. The van der Waals surface area contributed by atoms with E-state index in [1.807, 2.05) is 60.7 Å². The Labute approximate surface area is 260 Å². The van der Waals surface area contributed by atoms with Crippen molar-refractivity contribution in [3.8, 4) is 17.2 Å². The van der Waals surface area contributed by atoms with Crippen LogP contribution in [-0.4, -0.2) is 77.8 Å². The topological polar surface area (TPSA) is 166 Å². The van der Waals surface area contributed by atoms with Gasteiger partial charge in [0, 0.05) is 13.1 Å². The second-order valence-corrected chi connectivity index (χ2v) is 9.92. The predicted octanol–water partition coefficient (Wildman–Crippen LogP) is 1.75. The molecule has 3 amide bonds. The number of benzene rings is 3. The van der Waals surface area contributed by atoms with Crippen molar-refractivity contribution in [2.75, 3.05) is 27.9 Å². The summed E-state index contributed by atoms with van der Waals surface area (Å²) >= 11 is 0. The Bertz CT molecular complexity index is 1580. The van der Waals surface area contributed by atoms with Gasteiger partial charge < -0.3 is 35.3 Å². The van der Waals surface area contributed by atoms with Crippen LogP contribution in [0.2, 0.25) is 0 Å². The van der Waals surface area contributed by atoms with Gasteiger partial charge in [0.15, 0.2) is 23.3 Å². The zero-order chi connectivity index (χ0) is 32.2. The van der Waals surface area contributed by atoms with Gasteiger partial charge in [0.05, 0.1) is 45.7 Å². The molecule has 0 spiro atoms. The number of aliphatic hydroxyl groups excluding tert-OH is 1. The number of carbonyl (C=O) groups is 3. The van der Waals surface area contributed by atoms with Crippen molar-refractivity contribution >= 4 is 17.7 Å². The van der Waals surface area contributed by atoms with Gasteiger partial charge in [0.2, 0.25) is 5.75 Å². The average molecular weight is 617 g/mol. The number of rotatable bonds is 15. The molecule has 1 unspecified atom stereocenters. The molecule has 0 bridgehead atoms. The van der Waals surface area contributed by atoms with E-state index in [1.54, 1.807) is 12.1 Å². The van der Waals surface area contributed by atoms with Crippen LogP contribution in [0.1, 0.15) is 32.0 Å². The van der Waals surface area contributed by atoms with Crippen molar-refractivity contribution in [1.82, 2.24) is 30.9 Å². The molecule has 0 fully saturated rings. The molecule has 45 heavy (non-hydrogen) atoms. The number of aliphatic hydroxyl groups is 1. The lowest BCUT2D eigenvalue weighted by molar-refractivity contribution is -0.130. The van der Waals surface area contributed by atoms with E-state index in [-0.39, 0.29) is 43.1 Å². The summed E-state index contributed by atoms with van der Waals surface area (Å²) < 4.78 is 17.4. The number of aromatic nitrogens is 3. The van der Waals surface area contributed by atoms with Gasteiger partial charge in [-0.1, -0.05) is 65.9 Å². The Balaban J connectivity index is 1.37. The van der Waals surface area contributed by atoms with E-state index in [0.29, 0.717) is 11.5 Å². The van der Waals surface area contributed by atoms with E-state index in [1.165, 1.54) is 32.2 Å². The standard InChI is InChI=1S/C32H36N6O7/c1-43-26-15-14-23(28(44-2)29(26)45-3)30(40)33-16-17-38-20-25(36-37-38)31(41)35-24(18-21-10-6-4-7-11-21)27(39)32(42)34-19-22-12-8-5-9-13-22/h4-15,20,24,27,39H,16-19H2,1-3H3,(H,33,40)(H,34,42)(H,35,41)/t24-,27?/m0/s1. The van der Waals surface area contributed by atoms with Crippen LogP contribution in [0.4, 0.5) is 0 Å². The van der Waals surface area contributed by atoms with Crippen molar-refractivity contribution in [2.24, 2.45) is 0 Å². The number of carbonyl (C=O) groups excluding carboxylic acids is 3. The first-order valence-electron chi connectivity index (χ1n) is 14.2. The van der Waals surface area contributed by atoms with Crippen molar-refractivity contribution in [3.63, 3.8) is 0 Å². The van der Waals surface area contributed by atoms with E-state index in [4.69, 9.17) is 14.2 Å². The maximum absolute atomic E-state index is 13.1. The Hall–Kier alpha value is -5.43. The highest BCUT2D eigenvalue weighted by molar-refractivity contribution is 5.98. The van der Waals surface area contributed by atoms with E-state index in [2.05, 4.69) is 26.3 Å². The van der Waals surface area contributed by atoms with Crippen LogP contribution in [0.15, 0.2) is 79.0 Å². The highest BCUT2D eigenvalue weighted by Crippen LogP contribution is 2.39. The van der Waals surface area contributed by atoms with Gasteiger partial charge in [-0.2, -0.15) is 0 Å². The number of amides is 3. The van der Waals surface area contributed by atoms with Crippen LogP contribution in [0.25, 0.3) is 0 Å². The number of hydrogen-bond donors (Lipinski definition) is 4. The smallest absolute Gasteiger partial charge is 0.273 e. The first kappa shape index (κ1) is 32.5. The van der Waals surface area contributed by atoms with Crippen LogP contribution in [0.5, 0.6) is 17.2 Å². The molecule has 4 N–H and O–H groups in total. The van der Waals surface area contributed by atoms with Crippen molar-refractivity contribution in [3.05, 3.63) is 101 Å². The fourth-order valence-electron chi connectivity index (χ4n) is 4.60. The summed E-state index contributed by atoms with van der Waals surface area (Å²) in [5.41, 5.74) is 1.93. The largest absolute Gasteiger partial charge is 0.493 e. The number of ether oxygens (including phenoxy) is 3. The molecule has 13 heteroatoms. The summed E-state index contributed by atoms with van der Waals surface area (Å²) in [4.78, 5) is 38.9. The zero-order valence-electron chi connectivity index (χ0n) is 25.2. The van der Waals surface area contributed by atoms with Crippen LogP contribution in [-0.2, 0) is 24.3 Å². The van der Waals surface area contributed by atoms with Gasteiger partial charge in [-0.15, -0.1) is 5.10 Å². The lowest BCUT2D eigenvalue weighted by Crippen LogP contribution is -2.51. The molecule has 0 aliphatic carbocycles. The normalized spacial score (nSPS) is 12.0. The molecular weight excluding hydrogens is 580 g/mol. The Morgan fingerprint density at radius 1 is 0.822 bits per heavy atom. The molecule has 0 aliphatic heterocycles. The van der Waals surface area contributed by atoms with Gasteiger partial charge in [-0.25, -0.2) is 4.68 Å². The molecule has 4 rings (SSSR count). The van der Waals surface area contributed by atoms with E-state index in [9.17, 15) is 19.5 Å². The first-order valence-corrected chi connectivity index (χ1v) is 14.2. The second-order valence-electron chi connectivity index (χ2n) is 9.92. The second kappa shape index (κ2) is 15.9. The number of hydrogen-bond acceptors (Lipinski definition) is 9. The van der Waals surface area contributed by atoms with Crippen molar-refractivity contribution < 1.29 is 33.7 Å². The van der Waals surface area contributed by atoms with E-state index < -0.39 is 29.9 Å². The molecule has 13 nitrogen and oxygen atoms in total. The monoisotopic (exact) mass is 616 g/mol. The average Bonchev–Trinajstić information content (AvgIpc) is 3.55. The summed E-state index contributed by atoms with van der Waals surface area (Å²) in [5.74, 6) is -0.694. The number of methoxy groups -OCH3 is 3. The molecule has 3 aromatic carbocycles. The minimum atomic E-state index is -1.53. The molecule has 0 aliphatic rings. The molecule has 4 aromatic rings. The third kappa shape index (κ3) is 8.57. The summed E-state index contributed by atoms with van der Waals surface area (Å²) in [6.45, 7) is 0.601. The quantitative estimate of drug-likeness (QED) is 0.156. The predicted molar refractivity (Wildman–Crippen MR) is 164 cm³/mol. The molecule has 0 saturated heterocycles. The van der Waals surface area contributed by atoms with Crippen LogP contribution < -0.4 is 30.2 Å². The Morgan fingerprint density at radius 3 is 2.13 bits per heavy atom. The first-order chi connectivity index (χ1) is 21.8. The van der Waals surface area contributed by atoms with Gasteiger partial charge in [-0.3, -0.25) is 14.4 Å². The highest BCUT2D eigenvalue weighted by Gasteiger charge is 2.29. The fourth-order valence-corrected chi connectivity index (χ4v) is 4.60. The molecule has 236 valence electrons. The minimum Gasteiger partial charge on any atom is -0.493 e. The zero-order valence-corrected chi connectivity index (χ0v) is 25.2. The summed E-state index contributed by atoms with van der Waals surface area (Å²) in [5, 5.41) is 27.1. The molecule has 2 atom stereocenters. The summed E-state index contributed by atoms with van der Waals surface area (Å²) in [6.07, 6.45) is 0.0864. The fraction of sp³-hybridized carbons (Fsp3) is 0.281. The SMILES string of the molecule is COc1ccc(C(=O)NCCn2cc(C(=O)N[C@@H](Cc3ccccc3)C(O)C(=O)NCc3ccccc3)nn2)c(OC)c1OC. The van der Waals surface area contributed by atoms with Crippen LogP contribution >= 0.6 is 0 Å². The highest BCUT2D eigenvalue weighted by atomic mass is 16.5. The lowest BCUT2D eigenvalue weighted by atomic mass is 10.00. The minimum absolute atomic E-state index is 0.0159. The molecular formula is C32H36N6O7. The van der Waals surface area contributed by atoms with Crippen molar-refractivity contribution in [2.45, 2.75) is 31.7 Å². The molecule has 1 heterocycles. The number of nitrogens with one attached hydrogen (secondary N) is 3. The summed E-state index contributed by atoms with van der Waals surface area (Å²) in [6, 6.07) is 20.7. The Kier molecular flexibility index (Phi) is 11.5. The third-order valence-electron chi connectivity index (χ3n) is 6.92. The summed E-state index contributed by atoms with van der Waals surface area (Å²) in [7, 11) is 4.36. The maximum Gasteiger partial charge on any atom is 0.273 e. The lowest BCUT2D eigenvalue weighted by Gasteiger charge is -2.23. The number of nitrogens with zero attached hydrogens (tertiary/aromatic N) is 3. The maximum atomic E-state index is 13.1. The van der Waals surface area contributed by atoms with Crippen LogP contribution in [0, 0.1) is 0 Å². The molecule has 0 radical (unpaired) electrons. The van der Waals surface area contributed by atoms with Gasteiger partial charge in [0.25, 0.3) is 17.7 Å². The van der Waals surface area contributed by atoms with Crippen molar-refractivity contribution in [1.29, 1.82) is 0 Å².